The van der Waals surface area contributed by atoms with Gasteiger partial charge in [0.15, 0.2) is 0 Å². The molecule has 1 aliphatic rings. The molecule has 116 valence electrons. The largest absolute Gasteiger partial charge is 0.459 e. The molecule has 1 aromatic rings. The van der Waals surface area contributed by atoms with Crippen molar-refractivity contribution in [1.82, 2.24) is 0 Å². The number of esters is 1. The van der Waals surface area contributed by atoms with Crippen molar-refractivity contribution in [3.63, 3.8) is 0 Å². The van der Waals surface area contributed by atoms with Gasteiger partial charge >= 0.3 is 5.97 Å². The fourth-order valence-electron chi connectivity index (χ4n) is 2.87. The predicted octanol–water partition coefficient (Wildman–Crippen LogP) is 4.69. The molecule has 0 spiro atoms. The van der Waals surface area contributed by atoms with Gasteiger partial charge < -0.3 is 4.74 Å². The maximum Gasteiger partial charge on any atom is 0.312 e. The maximum atomic E-state index is 12.5. The summed E-state index contributed by atoms with van der Waals surface area (Å²) in [7, 11) is 0. The Kier molecular flexibility index (Phi) is 4.75. The van der Waals surface area contributed by atoms with E-state index in [0.717, 1.165) is 32.1 Å². The molecule has 1 aromatic carbocycles. The summed E-state index contributed by atoms with van der Waals surface area (Å²) < 4.78 is 5.99. The number of ether oxygens (including phenoxy) is 1. The molecule has 0 aromatic heterocycles. The number of carbonyl (C=O) groups is 1. The molecule has 0 radical (unpaired) electrons. The van der Waals surface area contributed by atoms with Crippen molar-refractivity contribution in [3.05, 3.63) is 35.4 Å². The summed E-state index contributed by atoms with van der Waals surface area (Å²) in [4.78, 5) is 12.5. The van der Waals surface area contributed by atoms with E-state index >= 15 is 0 Å². The second kappa shape index (κ2) is 6.21. The zero-order chi connectivity index (χ0) is 15.5. The number of hydrogen-bond donors (Lipinski definition) is 0. The van der Waals surface area contributed by atoms with Crippen molar-refractivity contribution in [2.45, 2.75) is 71.8 Å². The Bertz CT molecular complexity index is 504. The molecule has 2 nitrogen and oxygen atoms in total. The van der Waals surface area contributed by atoms with E-state index in [1.54, 1.807) is 0 Å². The first kappa shape index (κ1) is 16.1. The lowest BCUT2D eigenvalue weighted by molar-refractivity contribution is -0.170. The van der Waals surface area contributed by atoms with Gasteiger partial charge in [0.05, 0.1) is 5.41 Å². The van der Waals surface area contributed by atoms with Crippen LogP contribution in [0.3, 0.4) is 0 Å². The van der Waals surface area contributed by atoms with Crippen LogP contribution >= 0.6 is 0 Å². The SMILES string of the molecule is CCC(C)(C)C(=O)OC1(C)CCCCc2ccccc2C1. The van der Waals surface area contributed by atoms with E-state index in [0.29, 0.717) is 0 Å². The molecule has 0 aliphatic heterocycles. The lowest BCUT2D eigenvalue weighted by atomic mass is 9.83. The number of fused-ring (bicyclic) bond motifs is 1. The van der Waals surface area contributed by atoms with Crippen molar-refractivity contribution >= 4 is 5.97 Å². The van der Waals surface area contributed by atoms with Gasteiger partial charge in [0.2, 0.25) is 0 Å². The minimum absolute atomic E-state index is 0.0643. The fraction of sp³-hybridized carbons (Fsp3) is 0.632. The molecular weight excluding hydrogens is 260 g/mol. The Balaban J connectivity index is 2.20. The van der Waals surface area contributed by atoms with Crippen LogP contribution in [0.1, 0.15) is 64.5 Å². The van der Waals surface area contributed by atoms with E-state index in [1.165, 1.54) is 17.5 Å². The average Bonchev–Trinajstić information content (AvgIpc) is 2.43. The highest BCUT2D eigenvalue weighted by Gasteiger charge is 2.36. The summed E-state index contributed by atoms with van der Waals surface area (Å²) >= 11 is 0. The van der Waals surface area contributed by atoms with Crippen LogP contribution in [0.15, 0.2) is 24.3 Å². The van der Waals surface area contributed by atoms with Crippen LogP contribution < -0.4 is 0 Å². The van der Waals surface area contributed by atoms with Crippen molar-refractivity contribution in [2.24, 2.45) is 5.41 Å². The highest BCUT2D eigenvalue weighted by molar-refractivity contribution is 5.76. The number of benzene rings is 1. The van der Waals surface area contributed by atoms with Gasteiger partial charge in [0, 0.05) is 6.42 Å². The van der Waals surface area contributed by atoms with Gasteiger partial charge in [-0.3, -0.25) is 4.79 Å². The van der Waals surface area contributed by atoms with E-state index in [1.807, 2.05) is 20.8 Å². The molecule has 2 rings (SSSR count). The first-order chi connectivity index (χ1) is 9.86. The van der Waals surface area contributed by atoms with Gasteiger partial charge in [-0.2, -0.15) is 0 Å². The second-order valence-electron chi connectivity index (χ2n) is 7.23. The molecule has 0 heterocycles. The summed E-state index contributed by atoms with van der Waals surface area (Å²) in [5.41, 5.74) is 1.97. The molecule has 1 atom stereocenters. The Morgan fingerprint density at radius 2 is 1.90 bits per heavy atom. The van der Waals surface area contributed by atoms with Gasteiger partial charge in [-0.1, -0.05) is 31.2 Å². The monoisotopic (exact) mass is 288 g/mol. The average molecular weight is 288 g/mol. The number of rotatable bonds is 3. The quantitative estimate of drug-likeness (QED) is 0.754. The van der Waals surface area contributed by atoms with Gasteiger partial charge in [-0.05, 0) is 64.0 Å². The Morgan fingerprint density at radius 3 is 2.57 bits per heavy atom. The molecular formula is C19H28O2. The maximum absolute atomic E-state index is 12.5. The summed E-state index contributed by atoms with van der Waals surface area (Å²) in [6.07, 6.45) is 6.01. The molecule has 0 fully saturated rings. The summed E-state index contributed by atoms with van der Waals surface area (Å²) in [5, 5.41) is 0. The number of aryl methyl sites for hydroxylation is 1. The second-order valence-corrected chi connectivity index (χ2v) is 7.23. The third kappa shape index (κ3) is 3.87. The van der Waals surface area contributed by atoms with E-state index in [4.69, 9.17) is 4.74 Å². The minimum atomic E-state index is -0.398. The van der Waals surface area contributed by atoms with Crippen LogP contribution in [0, 0.1) is 5.41 Å². The summed E-state index contributed by atoms with van der Waals surface area (Å²) in [6.45, 7) is 8.07. The topological polar surface area (TPSA) is 26.3 Å². The van der Waals surface area contributed by atoms with Crippen LogP contribution in [0.4, 0.5) is 0 Å². The molecule has 1 unspecified atom stereocenters. The van der Waals surface area contributed by atoms with Gasteiger partial charge in [0.1, 0.15) is 5.60 Å². The molecule has 0 saturated heterocycles. The number of carbonyl (C=O) groups excluding carboxylic acids is 1. The number of hydrogen-bond acceptors (Lipinski definition) is 2. The van der Waals surface area contributed by atoms with E-state index in [2.05, 4.69) is 31.2 Å². The first-order valence-corrected chi connectivity index (χ1v) is 8.16. The summed E-state index contributed by atoms with van der Waals surface area (Å²) in [5.74, 6) is -0.0643. The van der Waals surface area contributed by atoms with Crippen LogP contribution in [-0.4, -0.2) is 11.6 Å². The minimum Gasteiger partial charge on any atom is -0.459 e. The zero-order valence-electron chi connectivity index (χ0n) is 13.9. The summed E-state index contributed by atoms with van der Waals surface area (Å²) in [6, 6.07) is 8.57. The Labute approximate surface area is 128 Å². The lowest BCUT2D eigenvalue weighted by Gasteiger charge is -2.35. The molecule has 21 heavy (non-hydrogen) atoms. The van der Waals surface area contributed by atoms with Crippen molar-refractivity contribution in [3.8, 4) is 0 Å². The molecule has 1 aliphatic carbocycles. The normalized spacial score (nSPS) is 22.9. The van der Waals surface area contributed by atoms with E-state index in [-0.39, 0.29) is 11.6 Å². The van der Waals surface area contributed by atoms with Crippen LogP contribution in [0.5, 0.6) is 0 Å². The third-order valence-electron chi connectivity index (χ3n) is 4.86. The van der Waals surface area contributed by atoms with Crippen LogP contribution in [-0.2, 0) is 22.4 Å². The Hall–Kier alpha value is -1.31. The fourth-order valence-corrected chi connectivity index (χ4v) is 2.87. The molecule has 0 saturated carbocycles. The molecule has 0 amide bonds. The van der Waals surface area contributed by atoms with Crippen LogP contribution in [0.2, 0.25) is 0 Å². The Morgan fingerprint density at radius 1 is 1.24 bits per heavy atom. The first-order valence-electron chi connectivity index (χ1n) is 8.16. The molecule has 0 bridgehead atoms. The molecule has 0 N–H and O–H groups in total. The third-order valence-corrected chi connectivity index (χ3v) is 4.86. The predicted molar refractivity (Wildman–Crippen MR) is 86.3 cm³/mol. The van der Waals surface area contributed by atoms with Crippen molar-refractivity contribution in [1.29, 1.82) is 0 Å². The van der Waals surface area contributed by atoms with Crippen LogP contribution in [0.25, 0.3) is 0 Å². The van der Waals surface area contributed by atoms with Gasteiger partial charge in [-0.15, -0.1) is 0 Å². The molecule has 2 heteroatoms. The lowest BCUT2D eigenvalue weighted by Crippen LogP contribution is -2.40. The smallest absolute Gasteiger partial charge is 0.312 e. The van der Waals surface area contributed by atoms with E-state index in [9.17, 15) is 4.79 Å². The highest BCUT2D eigenvalue weighted by atomic mass is 16.6. The zero-order valence-corrected chi connectivity index (χ0v) is 13.9. The van der Waals surface area contributed by atoms with Crippen molar-refractivity contribution in [2.75, 3.05) is 0 Å². The van der Waals surface area contributed by atoms with Crippen molar-refractivity contribution < 1.29 is 9.53 Å². The highest BCUT2D eigenvalue weighted by Crippen LogP contribution is 2.32. The van der Waals surface area contributed by atoms with Gasteiger partial charge in [-0.25, -0.2) is 0 Å². The van der Waals surface area contributed by atoms with Gasteiger partial charge in [0.25, 0.3) is 0 Å². The van der Waals surface area contributed by atoms with E-state index < -0.39 is 5.41 Å². The standard InChI is InChI=1S/C19H28O2/c1-5-18(2,3)17(20)21-19(4)13-9-8-11-15-10-6-7-12-16(15)14-19/h6-7,10,12H,5,8-9,11,13-14H2,1-4H3.